The molecule has 1 aromatic heterocycles. The van der Waals surface area contributed by atoms with Gasteiger partial charge in [-0.2, -0.15) is 5.10 Å². The standard InChI is InChI=1S/C14H16BrN3O/c1-9-13(15)10(2)18(17-9)11(3)14(19)16-12-7-5-4-6-8-12/h4-8,11H,1-3H3,(H,16,19). The van der Waals surface area contributed by atoms with Gasteiger partial charge in [0, 0.05) is 5.69 Å². The van der Waals surface area contributed by atoms with E-state index in [1.807, 2.05) is 51.1 Å². The molecule has 2 aromatic rings. The summed E-state index contributed by atoms with van der Waals surface area (Å²) in [7, 11) is 0. The summed E-state index contributed by atoms with van der Waals surface area (Å²) in [5.41, 5.74) is 2.63. The first kappa shape index (κ1) is 13.8. The number of amides is 1. The lowest BCUT2D eigenvalue weighted by Crippen LogP contribution is -2.25. The van der Waals surface area contributed by atoms with E-state index in [4.69, 9.17) is 0 Å². The molecule has 2 rings (SSSR count). The number of nitrogens with one attached hydrogen (secondary N) is 1. The van der Waals surface area contributed by atoms with E-state index in [9.17, 15) is 4.79 Å². The normalized spacial score (nSPS) is 12.2. The SMILES string of the molecule is Cc1nn(C(C)C(=O)Nc2ccccc2)c(C)c1Br. The average molecular weight is 322 g/mol. The third-order valence-electron chi connectivity index (χ3n) is 3.02. The fourth-order valence-electron chi connectivity index (χ4n) is 1.90. The van der Waals surface area contributed by atoms with Crippen LogP contribution in [0, 0.1) is 13.8 Å². The van der Waals surface area contributed by atoms with Gasteiger partial charge in [0.2, 0.25) is 5.91 Å². The van der Waals surface area contributed by atoms with Crippen LogP contribution in [-0.4, -0.2) is 15.7 Å². The topological polar surface area (TPSA) is 46.9 Å². The molecule has 1 heterocycles. The van der Waals surface area contributed by atoms with Gasteiger partial charge in [-0.05, 0) is 48.8 Å². The van der Waals surface area contributed by atoms with Crippen molar-refractivity contribution in [2.24, 2.45) is 0 Å². The quantitative estimate of drug-likeness (QED) is 0.941. The number of para-hydroxylation sites is 1. The maximum absolute atomic E-state index is 12.2. The molecule has 0 aliphatic rings. The van der Waals surface area contributed by atoms with Gasteiger partial charge >= 0.3 is 0 Å². The Morgan fingerprint density at radius 3 is 2.47 bits per heavy atom. The highest BCUT2D eigenvalue weighted by atomic mass is 79.9. The van der Waals surface area contributed by atoms with Gasteiger partial charge < -0.3 is 5.32 Å². The molecular formula is C14H16BrN3O. The summed E-state index contributed by atoms with van der Waals surface area (Å²) < 4.78 is 2.68. The zero-order valence-corrected chi connectivity index (χ0v) is 12.7. The summed E-state index contributed by atoms with van der Waals surface area (Å²) in [6.07, 6.45) is 0. The molecule has 0 aliphatic heterocycles. The number of carbonyl (C=O) groups is 1. The van der Waals surface area contributed by atoms with E-state index in [1.54, 1.807) is 4.68 Å². The summed E-state index contributed by atoms with van der Waals surface area (Å²) in [5.74, 6) is -0.0794. The molecule has 1 aromatic carbocycles. The molecule has 1 N–H and O–H groups in total. The number of rotatable bonds is 3. The van der Waals surface area contributed by atoms with Gasteiger partial charge in [-0.25, -0.2) is 0 Å². The number of nitrogens with zero attached hydrogens (tertiary/aromatic N) is 2. The molecule has 0 fully saturated rings. The summed E-state index contributed by atoms with van der Waals surface area (Å²) >= 11 is 3.47. The number of carbonyl (C=O) groups excluding carboxylic acids is 1. The van der Waals surface area contributed by atoms with Crippen molar-refractivity contribution in [3.05, 3.63) is 46.2 Å². The van der Waals surface area contributed by atoms with Crippen LogP contribution in [0.3, 0.4) is 0 Å². The number of halogens is 1. The van der Waals surface area contributed by atoms with Crippen LogP contribution >= 0.6 is 15.9 Å². The fourth-order valence-corrected chi connectivity index (χ4v) is 2.16. The largest absolute Gasteiger partial charge is 0.324 e. The van der Waals surface area contributed by atoms with Gasteiger partial charge in [0.25, 0.3) is 0 Å². The first-order valence-corrected chi connectivity index (χ1v) is 6.87. The molecule has 1 amide bonds. The van der Waals surface area contributed by atoms with Crippen LogP contribution in [0.15, 0.2) is 34.8 Å². The molecule has 5 heteroatoms. The van der Waals surface area contributed by atoms with Crippen LogP contribution in [-0.2, 0) is 4.79 Å². The first-order chi connectivity index (χ1) is 9.00. The van der Waals surface area contributed by atoms with Crippen molar-refractivity contribution in [2.45, 2.75) is 26.8 Å². The van der Waals surface area contributed by atoms with Crippen LogP contribution < -0.4 is 5.32 Å². The zero-order chi connectivity index (χ0) is 14.0. The Kier molecular flexibility index (Phi) is 4.04. The second-order valence-corrected chi connectivity index (χ2v) is 5.25. The van der Waals surface area contributed by atoms with Crippen molar-refractivity contribution >= 4 is 27.5 Å². The molecule has 1 unspecified atom stereocenters. The van der Waals surface area contributed by atoms with E-state index < -0.39 is 0 Å². The summed E-state index contributed by atoms with van der Waals surface area (Å²) in [4.78, 5) is 12.2. The third kappa shape index (κ3) is 2.87. The minimum absolute atomic E-state index is 0.0794. The molecule has 0 spiro atoms. The molecule has 0 saturated carbocycles. The molecule has 0 aliphatic carbocycles. The highest BCUT2D eigenvalue weighted by Crippen LogP contribution is 2.23. The Hall–Kier alpha value is -1.62. The highest BCUT2D eigenvalue weighted by Gasteiger charge is 2.20. The van der Waals surface area contributed by atoms with Crippen LogP contribution in [0.4, 0.5) is 5.69 Å². The molecule has 19 heavy (non-hydrogen) atoms. The number of hydrogen-bond acceptors (Lipinski definition) is 2. The Balaban J connectivity index is 2.17. The fraction of sp³-hybridized carbons (Fsp3) is 0.286. The number of hydrogen-bond donors (Lipinski definition) is 1. The highest BCUT2D eigenvalue weighted by molar-refractivity contribution is 9.10. The molecule has 0 radical (unpaired) electrons. The van der Waals surface area contributed by atoms with Crippen LogP contribution in [0.5, 0.6) is 0 Å². The van der Waals surface area contributed by atoms with E-state index in [-0.39, 0.29) is 11.9 Å². The molecule has 0 saturated heterocycles. The van der Waals surface area contributed by atoms with Crippen molar-refractivity contribution in [3.63, 3.8) is 0 Å². The summed E-state index contributed by atoms with van der Waals surface area (Å²) in [6.45, 7) is 5.69. The van der Waals surface area contributed by atoms with Gasteiger partial charge in [-0.3, -0.25) is 9.48 Å². The lowest BCUT2D eigenvalue weighted by atomic mass is 10.2. The minimum Gasteiger partial charge on any atom is -0.324 e. The number of aromatic nitrogens is 2. The monoisotopic (exact) mass is 321 g/mol. The van der Waals surface area contributed by atoms with Crippen LogP contribution in [0.25, 0.3) is 0 Å². The van der Waals surface area contributed by atoms with Crippen molar-refractivity contribution in [2.75, 3.05) is 5.32 Å². The lowest BCUT2D eigenvalue weighted by Gasteiger charge is -2.14. The van der Waals surface area contributed by atoms with Crippen molar-refractivity contribution < 1.29 is 4.79 Å². The average Bonchev–Trinajstić information content (AvgIpc) is 2.67. The Morgan fingerprint density at radius 1 is 1.32 bits per heavy atom. The minimum atomic E-state index is -0.356. The Bertz CT molecular complexity index is 592. The van der Waals surface area contributed by atoms with E-state index in [0.717, 1.165) is 21.5 Å². The van der Waals surface area contributed by atoms with Gasteiger partial charge in [-0.1, -0.05) is 18.2 Å². The van der Waals surface area contributed by atoms with E-state index >= 15 is 0 Å². The molecule has 0 bridgehead atoms. The summed E-state index contributed by atoms with van der Waals surface area (Å²) in [5, 5.41) is 7.26. The number of aryl methyl sites for hydroxylation is 1. The number of anilines is 1. The predicted octanol–water partition coefficient (Wildman–Crippen LogP) is 3.46. The maximum Gasteiger partial charge on any atom is 0.248 e. The van der Waals surface area contributed by atoms with Crippen molar-refractivity contribution in [1.82, 2.24) is 9.78 Å². The maximum atomic E-state index is 12.2. The number of benzene rings is 1. The molecular weight excluding hydrogens is 306 g/mol. The predicted molar refractivity (Wildman–Crippen MR) is 79.2 cm³/mol. The van der Waals surface area contributed by atoms with Crippen molar-refractivity contribution in [1.29, 1.82) is 0 Å². The third-order valence-corrected chi connectivity index (χ3v) is 4.17. The van der Waals surface area contributed by atoms with E-state index in [0.29, 0.717) is 0 Å². The van der Waals surface area contributed by atoms with E-state index in [1.165, 1.54) is 0 Å². The second-order valence-electron chi connectivity index (χ2n) is 4.46. The molecule has 1 atom stereocenters. The molecule has 4 nitrogen and oxygen atoms in total. The van der Waals surface area contributed by atoms with Gasteiger partial charge in [-0.15, -0.1) is 0 Å². The molecule has 100 valence electrons. The Morgan fingerprint density at radius 2 is 1.95 bits per heavy atom. The van der Waals surface area contributed by atoms with Crippen LogP contribution in [0.2, 0.25) is 0 Å². The van der Waals surface area contributed by atoms with E-state index in [2.05, 4.69) is 26.3 Å². The second kappa shape index (κ2) is 5.57. The van der Waals surface area contributed by atoms with Crippen molar-refractivity contribution in [3.8, 4) is 0 Å². The first-order valence-electron chi connectivity index (χ1n) is 6.08. The zero-order valence-electron chi connectivity index (χ0n) is 11.1. The summed E-state index contributed by atoms with van der Waals surface area (Å²) in [6, 6.07) is 9.06. The lowest BCUT2D eigenvalue weighted by molar-refractivity contribution is -0.119. The Labute approximate surface area is 120 Å². The van der Waals surface area contributed by atoms with Gasteiger partial charge in [0.05, 0.1) is 15.9 Å². The van der Waals surface area contributed by atoms with Gasteiger partial charge in [0.15, 0.2) is 0 Å². The smallest absolute Gasteiger partial charge is 0.248 e. The van der Waals surface area contributed by atoms with Gasteiger partial charge in [0.1, 0.15) is 6.04 Å². The van der Waals surface area contributed by atoms with Crippen LogP contribution in [0.1, 0.15) is 24.4 Å².